The number of hydrogen-bond acceptors (Lipinski definition) is 2. The van der Waals surface area contributed by atoms with Crippen LogP contribution in [0, 0.1) is 13.8 Å². The fourth-order valence-corrected chi connectivity index (χ4v) is 1.48. The van der Waals surface area contributed by atoms with Crippen molar-refractivity contribution in [2.75, 3.05) is 20.6 Å². The summed E-state index contributed by atoms with van der Waals surface area (Å²) in [4.78, 5) is 12.7. The van der Waals surface area contributed by atoms with Crippen molar-refractivity contribution in [2.24, 2.45) is 0 Å². The lowest BCUT2D eigenvalue weighted by atomic mass is 10.4. The second-order valence-electron chi connectivity index (χ2n) is 4.13. The van der Waals surface area contributed by atoms with Crippen LogP contribution in [0.3, 0.4) is 0 Å². The molecule has 0 bridgehead atoms. The molecule has 0 atom stereocenters. The van der Waals surface area contributed by atoms with Gasteiger partial charge in [0, 0.05) is 32.9 Å². The molecule has 16 heavy (non-hydrogen) atoms. The van der Waals surface area contributed by atoms with Crippen molar-refractivity contribution < 1.29 is 4.79 Å². The predicted molar refractivity (Wildman–Crippen MR) is 63.4 cm³/mol. The molecule has 90 valence electrons. The van der Waals surface area contributed by atoms with Gasteiger partial charge in [-0.2, -0.15) is 5.10 Å². The van der Waals surface area contributed by atoms with Crippen LogP contribution < -0.4 is 5.32 Å². The number of aryl methyl sites for hydroxylation is 3. The first-order valence-corrected chi connectivity index (χ1v) is 5.47. The van der Waals surface area contributed by atoms with E-state index in [1.165, 1.54) is 4.90 Å². The zero-order valence-corrected chi connectivity index (χ0v) is 10.4. The van der Waals surface area contributed by atoms with Crippen molar-refractivity contribution in [3.8, 4) is 0 Å². The van der Waals surface area contributed by atoms with Crippen LogP contribution >= 0.6 is 0 Å². The quantitative estimate of drug-likeness (QED) is 0.780. The Hall–Kier alpha value is -1.52. The summed E-state index contributed by atoms with van der Waals surface area (Å²) in [5, 5.41) is 7.18. The molecule has 1 aromatic heterocycles. The number of aromatic nitrogens is 2. The molecule has 0 aliphatic heterocycles. The highest BCUT2D eigenvalue weighted by molar-refractivity contribution is 5.73. The summed E-state index contributed by atoms with van der Waals surface area (Å²) < 4.78 is 1.97. The minimum Gasteiger partial charge on any atom is -0.338 e. The maximum atomic E-state index is 11.2. The Morgan fingerprint density at radius 3 is 2.69 bits per heavy atom. The summed E-state index contributed by atoms with van der Waals surface area (Å²) in [5.41, 5.74) is 2.20. The van der Waals surface area contributed by atoms with E-state index in [1.807, 2.05) is 18.5 Å². The third kappa shape index (κ3) is 3.56. The lowest BCUT2D eigenvalue weighted by Gasteiger charge is -2.11. The summed E-state index contributed by atoms with van der Waals surface area (Å²) in [6, 6.07) is 2.01. The molecule has 0 aliphatic carbocycles. The molecule has 2 amide bonds. The minimum atomic E-state index is -0.0478. The number of nitrogens with one attached hydrogen (secondary N) is 1. The molecule has 0 aliphatic rings. The van der Waals surface area contributed by atoms with E-state index in [2.05, 4.69) is 16.5 Å². The highest BCUT2D eigenvalue weighted by atomic mass is 16.2. The summed E-state index contributed by atoms with van der Waals surface area (Å²) in [6.07, 6.45) is 0.890. The molecule has 1 heterocycles. The normalized spacial score (nSPS) is 10.2. The van der Waals surface area contributed by atoms with Gasteiger partial charge in [-0.25, -0.2) is 4.79 Å². The second-order valence-corrected chi connectivity index (χ2v) is 4.13. The number of carbonyl (C=O) groups is 1. The van der Waals surface area contributed by atoms with Gasteiger partial charge in [0.05, 0.1) is 5.69 Å². The Labute approximate surface area is 96.4 Å². The Morgan fingerprint density at radius 2 is 2.19 bits per heavy atom. The van der Waals surface area contributed by atoms with Crippen LogP contribution in [-0.2, 0) is 6.54 Å². The summed E-state index contributed by atoms with van der Waals surface area (Å²) in [6.45, 7) is 5.54. The molecule has 1 rings (SSSR count). The first-order valence-electron chi connectivity index (χ1n) is 5.47. The van der Waals surface area contributed by atoms with Gasteiger partial charge in [-0.1, -0.05) is 0 Å². The first-order chi connectivity index (χ1) is 7.50. The van der Waals surface area contributed by atoms with Gasteiger partial charge in [0.1, 0.15) is 0 Å². The molecule has 1 N–H and O–H groups in total. The standard InChI is InChI=1S/C11H20N4O/c1-9-8-10(2)15(13-9)7-5-6-12-11(16)14(3)4/h8H,5-7H2,1-4H3,(H,12,16). The Balaban J connectivity index is 2.26. The van der Waals surface area contributed by atoms with Gasteiger partial charge in [-0.05, 0) is 26.3 Å². The van der Waals surface area contributed by atoms with Crippen molar-refractivity contribution >= 4 is 6.03 Å². The van der Waals surface area contributed by atoms with E-state index in [9.17, 15) is 4.79 Å². The molecule has 0 spiro atoms. The predicted octanol–water partition coefficient (Wildman–Crippen LogP) is 1.16. The van der Waals surface area contributed by atoms with Crippen LogP contribution in [0.25, 0.3) is 0 Å². The second kappa shape index (κ2) is 5.53. The largest absolute Gasteiger partial charge is 0.338 e. The van der Waals surface area contributed by atoms with Crippen molar-refractivity contribution in [2.45, 2.75) is 26.8 Å². The van der Waals surface area contributed by atoms with Crippen LogP contribution in [-0.4, -0.2) is 41.4 Å². The zero-order chi connectivity index (χ0) is 12.1. The first kappa shape index (κ1) is 12.5. The van der Waals surface area contributed by atoms with E-state index in [0.29, 0.717) is 6.54 Å². The number of amides is 2. The Morgan fingerprint density at radius 1 is 1.50 bits per heavy atom. The van der Waals surface area contributed by atoms with Crippen molar-refractivity contribution in [1.82, 2.24) is 20.0 Å². The number of nitrogens with zero attached hydrogens (tertiary/aromatic N) is 3. The van der Waals surface area contributed by atoms with E-state index < -0.39 is 0 Å². The Bertz CT molecular complexity index is 357. The number of rotatable bonds is 4. The van der Waals surface area contributed by atoms with Crippen LogP contribution in [0.2, 0.25) is 0 Å². The summed E-state index contributed by atoms with van der Waals surface area (Å²) in [5.74, 6) is 0. The zero-order valence-electron chi connectivity index (χ0n) is 10.4. The third-order valence-electron chi connectivity index (χ3n) is 2.33. The molecular formula is C11H20N4O. The van der Waals surface area contributed by atoms with Gasteiger partial charge < -0.3 is 10.2 Å². The lowest BCUT2D eigenvalue weighted by Crippen LogP contribution is -2.35. The fourth-order valence-electron chi connectivity index (χ4n) is 1.48. The molecule has 1 aromatic rings. The minimum absolute atomic E-state index is 0.0478. The topological polar surface area (TPSA) is 50.2 Å². The van der Waals surface area contributed by atoms with E-state index in [-0.39, 0.29) is 6.03 Å². The molecule has 0 saturated heterocycles. The lowest BCUT2D eigenvalue weighted by molar-refractivity contribution is 0.217. The van der Waals surface area contributed by atoms with E-state index in [4.69, 9.17) is 0 Å². The average Bonchev–Trinajstić information content (AvgIpc) is 2.51. The molecular weight excluding hydrogens is 204 g/mol. The molecule has 0 aromatic carbocycles. The molecule has 0 radical (unpaired) electrons. The van der Waals surface area contributed by atoms with Crippen molar-refractivity contribution in [3.63, 3.8) is 0 Å². The van der Waals surface area contributed by atoms with Crippen molar-refractivity contribution in [3.05, 3.63) is 17.5 Å². The fraction of sp³-hybridized carbons (Fsp3) is 0.636. The van der Waals surface area contributed by atoms with Gasteiger partial charge in [-0.15, -0.1) is 0 Å². The molecule has 5 heteroatoms. The van der Waals surface area contributed by atoms with Crippen molar-refractivity contribution in [1.29, 1.82) is 0 Å². The summed E-state index contributed by atoms with van der Waals surface area (Å²) >= 11 is 0. The van der Waals surface area contributed by atoms with Gasteiger partial charge in [0.15, 0.2) is 0 Å². The van der Waals surface area contributed by atoms with Crippen LogP contribution in [0.1, 0.15) is 17.8 Å². The SMILES string of the molecule is Cc1cc(C)n(CCCNC(=O)N(C)C)n1. The molecule has 0 fully saturated rings. The van der Waals surface area contributed by atoms with E-state index >= 15 is 0 Å². The van der Waals surface area contributed by atoms with Gasteiger partial charge in [0.2, 0.25) is 0 Å². The van der Waals surface area contributed by atoms with Crippen LogP contribution in [0.5, 0.6) is 0 Å². The van der Waals surface area contributed by atoms with Crippen LogP contribution in [0.4, 0.5) is 4.79 Å². The number of urea groups is 1. The van der Waals surface area contributed by atoms with Gasteiger partial charge in [0.25, 0.3) is 0 Å². The average molecular weight is 224 g/mol. The molecule has 5 nitrogen and oxygen atoms in total. The van der Waals surface area contributed by atoms with Crippen LogP contribution in [0.15, 0.2) is 6.07 Å². The van der Waals surface area contributed by atoms with E-state index in [0.717, 1.165) is 24.4 Å². The van der Waals surface area contributed by atoms with E-state index in [1.54, 1.807) is 14.1 Å². The number of hydrogen-bond donors (Lipinski definition) is 1. The highest BCUT2D eigenvalue weighted by Crippen LogP contribution is 2.02. The molecule has 0 unspecified atom stereocenters. The molecule has 0 saturated carbocycles. The number of carbonyl (C=O) groups excluding carboxylic acids is 1. The Kier molecular flexibility index (Phi) is 4.34. The highest BCUT2D eigenvalue weighted by Gasteiger charge is 2.03. The monoisotopic (exact) mass is 224 g/mol. The smallest absolute Gasteiger partial charge is 0.316 e. The third-order valence-corrected chi connectivity index (χ3v) is 2.33. The van der Waals surface area contributed by atoms with Gasteiger partial charge >= 0.3 is 6.03 Å². The maximum absolute atomic E-state index is 11.2. The summed E-state index contributed by atoms with van der Waals surface area (Å²) in [7, 11) is 3.46. The maximum Gasteiger partial charge on any atom is 0.316 e. The van der Waals surface area contributed by atoms with Gasteiger partial charge in [-0.3, -0.25) is 4.68 Å².